The Morgan fingerprint density at radius 2 is 2.28 bits per heavy atom. The van der Waals surface area contributed by atoms with E-state index in [1.165, 1.54) is 6.92 Å². The standard InChI is InChI=1S/C14H19N3O/c1-10(16-14-7-4-8-15-14)12-5-3-6-13(9-12)17-11(2)18/h3,5-6,9-10H,4,7-8H2,1-2H3,(H,15,16)(H,17,18). The number of amidine groups is 1. The molecule has 1 unspecified atom stereocenters. The molecule has 0 spiro atoms. The highest BCUT2D eigenvalue weighted by Crippen LogP contribution is 2.18. The largest absolute Gasteiger partial charge is 0.367 e. The van der Waals surface area contributed by atoms with Gasteiger partial charge in [-0.15, -0.1) is 0 Å². The van der Waals surface area contributed by atoms with E-state index in [0.29, 0.717) is 0 Å². The molecule has 1 atom stereocenters. The predicted molar refractivity (Wildman–Crippen MR) is 73.8 cm³/mol. The normalized spacial score (nSPS) is 16.0. The number of hydrogen-bond acceptors (Lipinski definition) is 3. The molecule has 0 radical (unpaired) electrons. The first-order valence-electron chi connectivity index (χ1n) is 6.32. The van der Waals surface area contributed by atoms with E-state index in [1.807, 2.05) is 18.2 Å². The zero-order valence-corrected chi connectivity index (χ0v) is 10.9. The minimum Gasteiger partial charge on any atom is -0.367 e. The molecule has 1 aliphatic heterocycles. The maximum Gasteiger partial charge on any atom is 0.221 e. The zero-order valence-electron chi connectivity index (χ0n) is 10.9. The Morgan fingerprint density at radius 3 is 2.94 bits per heavy atom. The predicted octanol–water partition coefficient (Wildman–Crippen LogP) is 2.49. The monoisotopic (exact) mass is 245 g/mol. The maximum absolute atomic E-state index is 11.0. The van der Waals surface area contributed by atoms with Crippen molar-refractivity contribution < 1.29 is 4.79 Å². The average molecular weight is 245 g/mol. The molecule has 0 aromatic heterocycles. The molecular formula is C14H19N3O. The fraction of sp³-hybridized carbons (Fsp3) is 0.429. The lowest BCUT2D eigenvalue weighted by molar-refractivity contribution is -0.114. The van der Waals surface area contributed by atoms with Crippen LogP contribution in [0.2, 0.25) is 0 Å². The minimum absolute atomic E-state index is 0.0482. The summed E-state index contributed by atoms with van der Waals surface area (Å²) in [5, 5.41) is 6.21. The van der Waals surface area contributed by atoms with Crippen molar-refractivity contribution in [1.29, 1.82) is 0 Å². The number of rotatable bonds is 3. The first-order valence-corrected chi connectivity index (χ1v) is 6.32. The molecular weight excluding hydrogens is 226 g/mol. The summed E-state index contributed by atoms with van der Waals surface area (Å²) in [5.74, 6) is 1.04. The zero-order chi connectivity index (χ0) is 13.0. The van der Waals surface area contributed by atoms with Crippen LogP contribution in [0.5, 0.6) is 0 Å². The number of benzene rings is 1. The molecule has 1 aromatic carbocycles. The molecule has 4 heteroatoms. The van der Waals surface area contributed by atoms with Crippen LogP contribution < -0.4 is 10.6 Å². The van der Waals surface area contributed by atoms with E-state index in [4.69, 9.17) is 0 Å². The Bertz CT molecular complexity index is 468. The second kappa shape index (κ2) is 5.67. The number of amides is 1. The van der Waals surface area contributed by atoms with Crippen molar-refractivity contribution in [1.82, 2.24) is 5.32 Å². The number of carbonyl (C=O) groups is 1. The van der Waals surface area contributed by atoms with Crippen LogP contribution in [0.1, 0.15) is 38.3 Å². The summed E-state index contributed by atoms with van der Waals surface area (Å²) >= 11 is 0. The third kappa shape index (κ3) is 3.32. The van der Waals surface area contributed by atoms with E-state index in [0.717, 1.165) is 36.5 Å². The first-order chi connectivity index (χ1) is 8.65. The summed E-state index contributed by atoms with van der Waals surface area (Å²) in [6, 6.07) is 8.10. The number of carbonyl (C=O) groups excluding carboxylic acids is 1. The van der Waals surface area contributed by atoms with Gasteiger partial charge in [-0.05, 0) is 31.0 Å². The van der Waals surface area contributed by atoms with Gasteiger partial charge in [-0.3, -0.25) is 9.79 Å². The number of aliphatic imine (C=N–C) groups is 1. The molecule has 0 aliphatic carbocycles. The van der Waals surface area contributed by atoms with E-state index >= 15 is 0 Å². The van der Waals surface area contributed by atoms with Gasteiger partial charge in [0.2, 0.25) is 5.91 Å². The van der Waals surface area contributed by atoms with E-state index in [9.17, 15) is 4.79 Å². The van der Waals surface area contributed by atoms with Crippen LogP contribution in [0, 0.1) is 0 Å². The molecule has 1 aliphatic rings. The Labute approximate surface area is 108 Å². The molecule has 18 heavy (non-hydrogen) atoms. The highest BCUT2D eigenvalue weighted by Gasteiger charge is 2.11. The van der Waals surface area contributed by atoms with E-state index < -0.39 is 0 Å². The SMILES string of the molecule is CC(=O)Nc1cccc(C(C)NC2=NCCC2)c1. The third-order valence-corrected chi connectivity index (χ3v) is 2.96. The van der Waals surface area contributed by atoms with Crippen LogP contribution in [-0.4, -0.2) is 18.3 Å². The quantitative estimate of drug-likeness (QED) is 0.859. The molecule has 2 rings (SSSR count). The van der Waals surface area contributed by atoms with Crippen molar-refractivity contribution in [3.05, 3.63) is 29.8 Å². The fourth-order valence-electron chi connectivity index (χ4n) is 2.08. The van der Waals surface area contributed by atoms with Gasteiger partial charge in [0.05, 0.1) is 5.84 Å². The second-order valence-electron chi connectivity index (χ2n) is 4.60. The summed E-state index contributed by atoms with van der Waals surface area (Å²) in [5.41, 5.74) is 1.98. The minimum atomic E-state index is -0.0482. The average Bonchev–Trinajstić information content (AvgIpc) is 2.81. The number of nitrogens with zero attached hydrogens (tertiary/aromatic N) is 1. The van der Waals surface area contributed by atoms with E-state index in [2.05, 4.69) is 28.6 Å². The molecule has 2 N–H and O–H groups in total. The van der Waals surface area contributed by atoms with Gasteiger partial charge in [-0.2, -0.15) is 0 Å². The maximum atomic E-state index is 11.0. The van der Waals surface area contributed by atoms with Gasteiger partial charge in [-0.1, -0.05) is 12.1 Å². The van der Waals surface area contributed by atoms with E-state index in [1.54, 1.807) is 0 Å². The Kier molecular flexibility index (Phi) is 3.97. The van der Waals surface area contributed by atoms with Crippen LogP contribution >= 0.6 is 0 Å². The van der Waals surface area contributed by atoms with Crippen molar-refractivity contribution >= 4 is 17.4 Å². The molecule has 0 saturated heterocycles. The second-order valence-corrected chi connectivity index (χ2v) is 4.60. The summed E-state index contributed by atoms with van der Waals surface area (Å²) < 4.78 is 0. The highest BCUT2D eigenvalue weighted by atomic mass is 16.1. The third-order valence-electron chi connectivity index (χ3n) is 2.96. The van der Waals surface area contributed by atoms with Crippen LogP contribution in [0.25, 0.3) is 0 Å². The van der Waals surface area contributed by atoms with Crippen molar-refractivity contribution in [2.24, 2.45) is 4.99 Å². The van der Waals surface area contributed by atoms with Crippen LogP contribution in [0.15, 0.2) is 29.3 Å². The van der Waals surface area contributed by atoms with Gasteiger partial charge < -0.3 is 10.6 Å². The Morgan fingerprint density at radius 1 is 1.44 bits per heavy atom. The smallest absolute Gasteiger partial charge is 0.221 e. The summed E-state index contributed by atoms with van der Waals surface area (Å²) in [6.07, 6.45) is 2.18. The van der Waals surface area contributed by atoms with Gasteiger partial charge in [0.25, 0.3) is 0 Å². The summed E-state index contributed by atoms with van der Waals surface area (Å²) in [4.78, 5) is 15.4. The van der Waals surface area contributed by atoms with Crippen molar-refractivity contribution in [2.75, 3.05) is 11.9 Å². The van der Waals surface area contributed by atoms with Crippen molar-refractivity contribution in [3.63, 3.8) is 0 Å². The van der Waals surface area contributed by atoms with Crippen molar-refractivity contribution in [3.8, 4) is 0 Å². The molecule has 0 fully saturated rings. The molecule has 4 nitrogen and oxygen atoms in total. The van der Waals surface area contributed by atoms with Crippen molar-refractivity contribution in [2.45, 2.75) is 32.7 Å². The molecule has 96 valence electrons. The Balaban J connectivity index is 2.04. The molecule has 1 amide bonds. The van der Waals surface area contributed by atoms with E-state index in [-0.39, 0.29) is 11.9 Å². The highest BCUT2D eigenvalue weighted by molar-refractivity contribution is 5.88. The first kappa shape index (κ1) is 12.6. The molecule has 0 saturated carbocycles. The fourth-order valence-corrected chi connectivity index (χ4v) is 2.08. The Hall–Kier alpha value is -1.84. The van der Waals surface area contributed by atoms with Crippen LogP contribution in [0.4, 0.5) is 5.69 Å². The number of nitrogens with one attached hydrogen (secondary N) is 2. The topological polar surface area (TPSA) is 53.5 Å². The lowest BCUT2D eigenvalue weighted by Crippen LogP contribution is -2.25. The molecule has 0 bridgehead atoms. The van der Waals surface area contributed by atoms with Gasteiger partial charge in [-0.25, -0.2) is 0 Å². The molecule has 1 aromatic rings. The lowest BCUT2D eigenvalue weighted by atomic mass is 10.1. The lowest BCUT2D eigenvalue weighted by Gasteiger charge is -2.16. The van der Waals surface area contributed by atoms with Gasteiger partial charge in [0.15, 0.2) is 0 Å². The van der Waals surface area contributed by atoms with Gasteiger partial charge in [0.1, 0.15) is 0 Å². The molecule has 1 heterocycles. The summed E-state index contributed by atoms with van der Waals surface area (Å²) in [6.45, 7) is 4.55. The van der Waals surface area contributed by atoms with Crippen LogP contribution in [0.3, 0.4) is 0 Å². The van der Waals surface area contributed by atoms with Crippen LogP contribution in [-0.2, 0) is 4.79 Å². The summed E-state index contributed by atoms with van der Waals surface area (Å²) in [7, 11) is 0. The van der Waals surface area contributed by atoms with Gasteiger partial charge >= 0.3 is 0 Å². The van der Waals surface area contributed by atoms with Gasteiger partial charge in [0, 0.05) is 31.6 Å². The number of anilines is 1. The number of hydrogen-bond donors (Lipinski definition) is 2.